The van der Waals surface area contributed by atoms with Crippen LogP contribution in [0.15, 0.2) is 39.9 Å². The van der Waals surface area contributed by atoms with E-state index in [-0.39, 0.29) is 21.7 Å². The summed E-state index contributed by atoms with van der Waals surface area (Å²) in [6, 6.07) is 0. The number of nitrogens with zero attached hydrogens (tertiary/aromatic N) is 6. The standard InChI is InChI=1S/C24H30N7O6/c32-29(33)19-15-20(30(34)35)23-24(31(36)37-25-23)22(19)21-17(27-9-3-4-10-27)13-16(26-7-1-2-8-26)14-18(21)28-11-5-6-12-28/h13-15,21-22,25H,1-12H2/q+1. The molecule has 0 bridgehead atoms. The number of hydrogen-bond acceptors (Lipinski definition) is 8. The van der Waals surface area contributed by atoms with E-state index in [9.17, 15) is 25.4 Å². The second-order valence-electron chi connectivity index (χ2n) is 10.3. The number of hydrogen-bond donors (Lipinski definition) is 1. The molecule has 6 rings (SSSR count). The highest BCUT2D eigenvalue weighted by molar-refractivity contribution is 6.06. The van der Waals surface area contributed by atoms with Gasteiger partial charge in [-0.1, -0.05) is 9.79 Å². The third kappa shape index (κ3) is 3.92. The molecule has 3 saturated heterocycles. The van der Waals surface area contributed by atoms with Crippen molar-refractivity contribution >= 4 is 11.4 Å². The van der Waals surface area contributed by atoms with Gasteiger partial charge in [0.15, 0.2) is 4.60 Å². The molecule has 3 aliphatic heterocycles. The van der Waals surface area contributed by atoms with Crippen molar-refractivity contribution in [1.82, 2.24) is 15.0 Å². The van der Waals surface area contributed by atoms with E-state index in [1.165, 1.54) is 0 Å². The molecule has 13 heteroatoms. The average Bonchev–Trinajstić information content (AvgIpc) is 3.70. The maximum absolute atomic E-state index is 12.9. The molecule has 5 aliphatic rings. The highest BCUT2D eigenvalue weighted by Crippen LogP contribution is 2.47. The van der Waals surface area contributed by atoms with E-state index >= 15 is 0 Å². The number of aromatic nitrogens is 2. The van der Waals surface area contributed by atoms with Gasteiger partial charge in [-0.15, -0.1) is 0 Å². The fourth-order valence-corrected chi connectivity index (χ4v) is 6.52. The quantitative estimate of drug-likeness (QED) is 0.275. The molecule has 196 valence electrons. The summed E-state index contributed by atoms with van der Waals surface area (Å²) in [7, 11) is 0. The van der Waals surface area contributed by atoms with Crippen molar-refractivity contribution < 1.29 is 23.6 Å². The summed E-state index contributed by atoms with van der Waals surface area (Å²) in [4.78, 5) is 28.6. The molecule has 4 heterocycles. The summed E-state index contributed by atoms with van der Waals surface area (Å²) in [6.07, 6.45) is 11.5. The average molecular weight is 513 g/mol. The van der Waals surface area contributed by atoms with Crippen LogP contribution in [0.3, 0.4) is 0 Å². The summed E-state index contributed by atoms with van der Waals surface area (Å²) in [6.45, 7) is 5.20. The molecule has 1 aromatic heterocycles. The van der Waals surface area contributed by atoms with Crippen LogP contribution >= 0.6 is 0 Å². The van der Waals surface area contributed by atoms with Crippen LogP contribution < -0.4 is 4.60 Å². The van der Waals surface area contributed by atoms with Crippen molar-refractivity contribution in [3.05, 3.63) is 72.1 Å². The van der Waals surface area contributed by atoms with Crippen molar-refractivity contribution in [3.8, 4) is 0 Å². The van der Waals surface area contributed by atoms with Gasteiger partial charge < -0.3 is 20.2 Å². The first-order chi connectivity index (χ1) is 17.9. The number of fused-ring (bicyclic) bond motifs is 1. The lowest BCUT2D eigenvalue weighted by Crippen LogP contribution is -2.43. The molecule has 1 aromatic rings. The number of aromatic amines is 1. The van der Waals surface area contributed by atoms with E-state index < -0.39 is 27.4 Å². The van der Waals surface area contributed by atoms with Gasteiger partial charge in [0, 0.05) is 62.6 Å². The zero-order chi connectivity index (χ0) is 25.7. The third-order valence-electron chi connectivity index (χ3n) is 8.22. The third-order valence-corrected chi connectivity index (χ3v) is 8.22. The topological polar surface area (TPSA) is 154 Å². The lowest BCUT2D eigenvalue weighted by Gasteiger charge is -2.38. The zero-order valence-electron chi connectivity index (χ0n) is 20.5. The maximum atomic E-state index is 12.9. The fourth-order valence-electron chi connectivity index (χ4n) is 6.52. The van der Waals surface area contributed by atoms with Crippen molar-refractivity contribution in [1.29, 1.82) is 0 Å². The molecule has 1 N–H and O–H groups in total. The minimum absolute atomic E-state index is 0.119. The predicted molar refractivity (Wildman–Crippen MR) is 131 cm³/mol. The van der Waals surface area contributed by atoms with Crippen LogP contribution in [0.25, 0.3) is 0 Å². The SMILES string of the molecule is O=[N+]([O-])C1=CC(=[N+]([O-])[O-])c2[nH]o[n+](=O)c2C1C1C(N2CCCC2)=CC(=[N+]2CCCC2)C=C1N1CCCC1. The molecule has 1 unspecified atom stereocenters. The Morgan fingerprint density at radius 3 is 1.95 bits per heavy atom. The van der Waals surface area contributed by atoms with Gasteiger partial charge >= 0.3 is 0 Å². The number of allylic oxidation sites excluding steroid dienone is 4. The molecule has 2 aliphatic carbocycles. The summed E-state index contributed by atoms with van der Waals surface area (Å²) in [5.74, 6) is -1.61. The molecule has 37 heavy (non-hydrogen) atoms. The van der Waals surface area contributed by atoms with E-state index in [0.717, 1.165) is 101 Å². The molecule has 0 aromatic carbocycles. The maximum Gasteiger partial charge on any atom is 0.289 e. The second kappa shape index (κ2) is 9.20. The predicted octanol–water partition coefficient (Wildman–Crippen LogP) is 1.41. The highest BCUT2D eigenvalue weighted by atomic mass is 16.8. The van der Waals surface area contributed by atoms with Gasteiger partial charge in [-0.3, -0.25) is 10.1 Å². The van der Waals surface area contributed by atoms with Crippen LogP contribution in [0, 0.1) is 31.4 Å². The zero-order valence-corrected chi connectivity index (χ0v) is 20.5. The van der Waals surface area contributed by atoms with Crippen molar-refractivity contribution in [2.24, 2.45) is 5.92 Å². The highest BCUT2D eigenvalue weighted by Gasteiger charge is 2.54. The Bertz CT molecular complexity index is 1290. The van der Waals surface area contributed by atoms with E-state index in [1.54, 1.807) is 0 Å². The van der Waals surface area contributed by atoms with Gasteiger partial charge in [0.1, 0.15) is 19.0 Å². The number of nitro groups is 1. The largest absolute Gasteiger partial charge is 0.612 e. The van der Waals surface area contributed by atoms with Gasteiger partial charge in [0.25, 0.3) is 22.8 Å². The van der Waals surface area contributed by atoms with Crippen LogP contribution in [-0.2, 0) is 0 Å². The molecular formula is C24H30N7O6+. The first-order valence-corrected chi connectivity index (χ1v) is 13.0. The Labute approximate surface area is 212 Å². The Morgan fingerprint density at radius 1 is 0.865 bits per heavy atom. The van der Waals surface area contributed by atoms with E-state index in [4.69, 9.17) is 4.63 Å². The minimum atomic E-state index is -1.06. The first kappa shape index (κ1) is 23.5. The minimum Gasteiger partial charge on any atom is -0.612 e. The van der Waals surface area contributed by atoms with Crippen LogP contribution in [0.2, 0.25) is 0 Å². The van der Waals surface area contributed by atoms with E-state index in [2.05, 4.69) is 31.7 Å². The Balaban J connectivity index is 1.60. The molecule has 0 spiro atoms. The van der Waals surface area contributed by atoms with E-state index in [0.29, 0.717) is 0 Å². The Morgan fingerprint density at radius 2 is 1.43 bits per heavy atom. The summed E-state index contributed by atoms with van der Waals surface area (Å²) in [5, 5.41) is 38.4. The molecule has 1 atom stereocenters. The van der Waals surface area contributed by atoms with Crippen molar-refractivity contribution in [3.63, 3.8) is 0 Å². The summed E-state index contributed by atoms with van der Waals surface area (Å²) in [5.41, 5.74) is 1.79. The van der Waals surface area contributed by atoms with Gasteiger partial charge in [-0.25, -0.2) is 4.58 Å². The van der Waals surface area contributed by atoms with Gasteiger partial charge in [-0.2, -0.15) is 4.90 Å². The smallest absolute Gasteiger partial charge is 0.289 e. The van der Waals surface area contributed by atoms with Crippen LogP contribution in [0.1, 0.15) is 55.8 Å². The molecular weight excluding hydrogens is 482 g/mol. The van der Waals surface area contributed by atoms with Crippen LogP contribution in [-0.4, -0.2) is 80.0 Å². The molecule has 0 radical (unpaired) electrons. The first-order valence-electron chi connectivity index (χ1n) is 13.0. The number of H-pyrrole nitrogens is 1. The number of likely N-dealkylation sites (tertiary alicyclic amines) is 2. The Hall–Kier alpha value is -3.90. The summed E-state index contributed by atoms with van der Waals surface area (Å²) < 4.78 is 7.47. The van der Waals surface area contributed by atoms with Gasteiger partial charge in [0.05, 0.1) is 16.9 Å². The Kier molecular flexibility index (Phi) is 5.84. The van der Waals surface area contributed by atoms with Crippen molar-refractivity contribution in [2.75, 3.05) is 39.3 Å². The second-order valence-corrected chi connectivity index (χ2v) is 10.3. The lowest BCUT2D eigenvalue weighted by molar-refractivity contribution is -0.720. The normalized spacial score (nSPS) is 25.8. The van der Waals surface area contributed by atoms with Gasteiger partial charge in [-0.05, 0) is 30.6 Å². The molecule has 0 amide bonds. The molecule has 0 saturated carbocycles. The number of nitrogens with one attached hydrogen (secondary N) is 1. The summed E-state index contributed by atoms with van der Waals surface area (Å²) >= 11 is 0. The molecule has 13 nitrogen and oxygen atoms in total. The lowest BCUT2D eigenvalue weighted by atomic mass is 9.75. The monoisotopic (exact) mass is 512 g/mol. The molecule has 3 fully saturated rings. The van der Waals surface area contributed by atoms with Crippen molar-refractivity contribution in [2.45, 2.75) is 44.4 Å². The van der Waals surface area contributed by atoms with Crippen LogP contribution in [0.5, 0.6) is 0 Å². The van der Waals surface area contributed by atoms with E-state index in [1.807, 2.05) is 0 Å². The number of rotatable bonds is 4. The fraction of sp³-hybridized carbons (Fsp3) is 0.583. The van der Waals surface area contributed by atoms with Crippen LogP contribution in [0.4, 0.5) is 0 Å². The van der Waals surface area contributed by atoms with Gasteiger partial charge in [0.2, 0.25) is 5.71 Å².